The minimum absolute atomic E-state index is 0.210. The van der Waals surface area contributed by atoms with Crippen LogP contribution in [-0.2, 0) is 28.9 Å². The fourth-order valence-electron chi connectivity index (χ4n) is 3.71. The summed E-state index contributed by atoms with van der Waals surface area (Å²) in [4.78, 5) is 38.5. The molecular weight excluding hydrogens is 572 g/mol. The van der Waals surface area contributed by atoms with Crippen molar-refractivity contribution in [3.63, 3.8) is 0 Å². The number of halogens is 7. The molecule has 0 bridgehead atoms. The highest BCUT2D eigenvalue weighted by Gasteiger charge is 2.37. The SMILES string of the molecule is O=C(Cn1nc(-c2ccc(Cl)cc2)n(CCC(F)(F)F)c1=O)NC(C(=O)NCCO)c1ccccc1C(F)(F)F. The fraction of sp³-hybridized carbons (Fsp3) is 0.333. The van der Waals surface area contributed by atoms with Crippen LogP contribution in [0.1, 0.15) is 23.6 Å². The molecule has 0 saturated carbocycles. The van der Waals surface area contributed by atoms with Crippen molar-refractivity contribution in [1.82, 2.24) is 25.0 Å². The first-order valence-electron chi connectivity index (χ1n) is 11.6. The summed E-state index contributed by atoms with van der Waals surface area (Å²) >= 11 is 5.85. The van der Waals surface area contributed by atoms with Crippen LogP contribution in [0.5, 0.6) is 0 Å². The van der Waals surface area contributed by atoms with Crippen LogP contribution in [0.15, 0.2) is 53.3 Å². The van der Waals surface area contributed by atoms with Crippen molar-refractivity contribution in [2.24, 2.45) is 0 Å². The smallest absolute Gasteiger partial charge is 0.395 e. The van der Waals surface area contributed by atoms with Crippen LogP contribution in [0.2, 0.25) is 5.02 Å². The molecule has 0 aliphatic carbocycles. The fourth-order valence-corrected chi connectivity index (χ4v) is 3.84. The zero-order valence-electron chi connectivity index (χ0n) is 20.4. The first-order valence-corrected chi connectivity index (χ1v) is 11.9. The van der Waals surface area contributed by atoms with Gasteiger partial charge in [-0.05, 0) is 35.9 Å². The predicted octanol–water partition coefficient (Wildman–Crippen LogP) is 3.30. The van der Waals surface area contributed by atoms with E-state index in [0.29, 0.717) is 20.3 Å². The number of nitrogens with zero attached hydrogens (tertiary/aromatic N) is 3. The van der Waals surface area contributed by atoms with Crippen LogP contribution in [0.25, 0.3) is 11.4 Å². The van der Waals surface area contributed by atoms with E-state index in [2.05, 4.69) is 15.7 Å². The van der Waals surface area contributed by atoms with Crippen molar-refractivity contribution in [3.05, 3.63) is 75.2 Å². The van der Waals surface area contributed by atoms with Gasteiger partial charge < -0.3 is 15.7 Å². The number of amides is 2. The number of nitrogens with one attached hydrogen (secondary N) is 2. The van der Waals surface area contributed by atoms with E-state index in [0.717, 1.165) is 12.1 Å². The van der Waals surface area contributed by atoms with Gasteiger partial charge in [0.05, 0.1) is 18.6 Å². The second-order valence-electron chi connectivity index (χ2n) is 8.39. The molecule has 40 heavy (non-hydrogen) atoms. The highest BCUT2D eigenvalue weighted by atomic mass is 35.5. The average molecular weight is 594 g/mol. The molecule has 16 heteroatoms. The molecule has 1 unspecified atom stereocenters. The molecule has 3 rings (SSSR count). The number of carbonyl (C=O) groups is 2. The molecule has 3 N–H and O–H groups in total. The van der Waals surface area contributed by atoms with Gasteiger partial charge in [0.25, 0.3) is 0 Å². The minimum atomic E-state index is -4.89. The lowest BCUT2D eigenvalue weighted by Crippen LogP contribution is -2.44. The number of hydrogen-bond acceptors (Lipinski definition) is 5. The topological polar surface area (TPSA) is 118 Å². The number of alkyl halides is 6. The molecule has 0 aliphatic heterocycles. The highest BCUT2D eigenvalue weighted by molar-refractivity contribution is 6.30. The summed E-state index contributed by atoms with van der Waals surface area (Å²) in [7, 11) is 0. The molecule has 0 radical (unpaired) electrons. The van der Waals surface area contributed by atoms with E-state index < -0.39 is 73.1 Å². The Kier molecular flexibility index (Phi) is 9.63. The van der Waals surface area contributed by atoms with Crippen molar-refractivity contribution in [2.75, 3.05) is 13.2 Å². The molecule has 0 fully saturated rings. The molecule has 3 aromatic rings. The summed E-state index contributed by atoms with van der Waals surface area (Å²) in [6.07, 6.45) is -10.9. The van der Waals surface area contributed by atoms with Gasteiger partial charge in [0.15, 0.2) is 5.82 Å². The van der Waals surface area contributed by atoms with Gasteiger partial charge in [-0.15, -0.1) is 5.10 Å². The Morgan fingerprint density at radius 2 is 1.68 bits per heavy atom. The van der Waals surface area contributed by atoms with Gasteiger partial charge >= 0.3 is 18.0 Å². The molecule has 1 heterocycles. The highest BCUT2D eigenvalue weighted by Crippen LogP contribution is 2.34. The largest absolute Gasteiger partial charge is 0.416 e. The maximum Gasteiger partial charge on any atom is 0.416 e. The van der Waals surface area contributed by atoms with E-state index in [-0.39, 0.29) is 17.9 Å². The van der Waals surface area contributed by atoms with Crippen molar-refractivity contribution in [2.45, 2.75) is 37.9 Å². The first-order chi connectivity index (χ1) is 18.7. The van der Waals surface area contributed by atoms with Gasteiger partial charge in [0.1, 0.15) is 12.6 Å². The Bertz CT molecular complexity index is 1400. The molecule has 216 valence electrons. The van der Waals surface area contributed by atoms with Crippen LogP contribution in [0, 0.1) is 0 Å². The number of aliphatic hydroxyl groups excluding tert-OH is 1. The van der Waals surface area contributed by atoms with Crippen LogP contribution in [0.3, 0.4) is 0 Å². The lowest BCUT2D eigenvalue weighted by Gasteiger charge is -2.22. The Morgan fingerprint density at radius 3 is 2.27 bits per heavy atom. The third-order valence-electron chi connectivity index (χ3n) is 5.49. The zero-order chi connectivity index (χ0) is 29.7. The summed E-state index contributed by atoms with van der Waals surface area (Å²) in [6.45, 7) is -2.62. The van der Waals surface area contributed by atoms with E-state index in [1.54, 1.807) is 0 Å². The second kappa shape index (κ2) is 12.6. The zero-order valence-corrected chi connectivity index (χ0v) is 21.1. The number of carbonyl (C=O) groups excluding carboxylic acids is 2. The summed E-state index contributed by atoms with van der Waals surface area (Å²) in [5, 5.41) is 17.6. The van der Waals surface area contributed by atoms with Crippen molar-refractivity contribution < 1.29 is 41.0 Å². The van der Waals surface area contributed by atoms with Crippen LogP contribution < -0.4 is 16.3 Å². The van der Waals surface area contributed by atoms with Gasteiger partial charge in [-0.3, -0.25) is 14.2 Å². The number of hydrogen-bond donors (Lipinski definition) is 3. The molecule has 2 amide bonds. The van der Waals surface area contributed by atoms with Gasteiger partial charge in [0, 0.05) is 23.7 Å². The van der Waals surface area contributed by atoms with Gasteiger partial charge in [-0.1, -0.05) is 29.8 Å². The second-order valence-corrected chi connectivity index (χ2v) is 8.82. The summed E-state index contributed by atoms with van der Waals surface area (Å²) in [5.41, 5.74) is -2.70. The van der Waals surface area contributed by atoms with Gasteiger partial charge in [-0.25, -0.2) is 9.48 Å². The molecule has 0 aliphatic rings. The number of rotatable bonds is 10. The summed E-state index contributed by atoms with van der Waals surface area (Å²) in [6, 6.07) is 7.71. The monoisotopic (exact) mass is 593 g/mol. The Labute approximate surface area is 227 Å². The Balaban J connectivity index is 1.96. The average Bonchev–Trinajstić information content (AvgIpc) is 3.18. The third-order valence-corrected chi connectivity index (χ3v) is 5.75. The lowest BCUT2D eigenvalue weighted by atomic mass is 9.99. The number of aromatic nitrogens is 3. The molecule has 1 atom stereocenters. The van der Waals surface area contributed by atoms with E-state index >= 15 is 0 Å². The van der Waals surface area contributed by atoms with E-state index in [1.807, 2.05) is 0 Å². The minimum Gasteiger partial charge on any atom is -0.395 e. The maximum atomic E-state index is 13.6. The van der Waals surface area contributed by atoms with Crippen molar-refractivity contribution >= 4 is 23.4 Å². The molecule has 2 aromatic carbocycles. The van der Waals surface area contributed by atoms with E-state index in [1.165, 1.54) is 30.3 Å². The van der Waals surface area contributed by atoms with E-state index in [9.17, 15) is 40.7 Å². The molecule has 1 aromatic heterocycles. The molecule has 9 nitrogen and oxygen atoms in total. The van der Waals surface area contributed by atoms with Crippen LogP contribution in [0.4, 0.5) is 26.3 Å². The molecule has 0 spiro atoms. The number of aliphatic hydroxyl groups is 1. The van der Waals surface area contributed by atoms with Gasteiger partial charge in [0.2, 0.25) is 11.8 Å². The van der Waals surface area contributed by atoms with Crippen LogP contribution >= 0.6 is 11.6 Å². The van der Waals surface area contributed by atoms with Crippen molar-refractivity contribution in [1.29, 1.82) is 0 Å². The Morgan fingerprint density at radius 1 is 1.02 bits per heavy atom. The summed E-state index contributed by atoms with van der Waals surface area (Å²) in [5.74, 6) is -2.42. The van der Waals surface area contributed by atoms with Crippen LogP contribution in [-0.4, -0.2) is 50.6 Å². The predicted molar refractivity (Wildman–Crippen MR) is 130 cm³/mol. The number of benzene rings is 2. The quantitative estimate of drug-likeness (QED) is 0.312. The third kappa shape index (κ3) is 7.85. The summed E-state index contributed by atoms with van der Waals surface area (Å²) < 4.78 is 80.8. The van der Waals surface area contributed by atoms with E-state index in [4.69, 9.17) is 16.7 Å². The molecular formula is C24H22ClF6N5O4. The first kappa shape index (κ1) is 30.7. The van der Waals surface area contributed by atoms with Crippen molar-refractivity contribution in [3.8, 4) is 11.4 Å². The normalized spacial score (nSPS) is 12.7. The lowest BCUT2D eigenvalue weighted by molar-refractivity contribution is -0.139. The Hall–Kier alpha value is -3.85. The standard InChI is InChI=1S/C24H22ClF6N5O4/c25-15-7-5-14(6-8-15)20-34-36(22(40)35(20)11-9-23(26,27)28)13-18(38)33-19(21(39)32-10-12-37)16-3-1-2-4-17(16)24(29,30)31/h1-8,19,37H,9-13H2,(H,32,39)(H,33,38). The maximum absolute atomic E-state index is 13.6. The van der Waals surface area contributed by atoms with Gasteiger partial charge in [-0.2, -0.15) is 26.3 Å². The molecule has 0 saturated heterocycles.